The van der Waals surface area contributed by atoms with Gasteiger partial charge in [0.15, 0.2) is 0 Å². The third-order valence-electron chi connectivity index (χ3n) is 2.92. The molecule has 0 heterocycles. The van der Waals surface area contributed by atoms with Crippen molar-refractivity contribution in [1.29, 1.82) is 5.26 Å². The molecule has 0 radical (unpaired) electrons. The van der Waals surface area contributed by atoms with Crippen LogP contribution in [0.3, 0.4) is 0 Å². The molecular weight excluding hydrogens is 196 g/mol. The first-order chi connectivity index (χ1) is 7.74. The molecule has 1 rings (SSSR count). The molecule has 0 aliphatic carbocycles. The van der Waals surface area contributed by atoms with Gasteiger partial charge in [0.05, 0.1) is 12.1 Å². The summed E-state index contributed by atoms with van der Waals surface area (Å²) in [6, 6.07) is 12.8. The van der Waals surface area contributed by atoms with E-state index in [-0.39, 0.29) is 6.04 Å². The van der Waals surface area contributed by atoms with Gasteiger partial charge < -0.3 is 0 Å². The summed E-state index contributed by atoms with van der Waals surface area (Å²) in [5.41, 5.74) is 1.40. The monoisotopic (exact) mass is 216 g/mol. The highest BCUT2D eigenvalue weighted by Gasteiger charge is 2.05. The Bertz CT molecular complexity index is 326. The molecule has 0 aliphatic rings. The normalized spacial score (nSPS) is 12.4. The molecule has 0 spiro atoms. The Morgan fingerprint density at radius 1 is 1.25 bits per heavy atom. The van der Waals surface area contributed by atoms with E-state index in [1.165, 1.54) is 12.0 Å². The average molecular weight is 216 g/mol. The molecule has 0 saturated carbocycles. The van der Waals surface area contributed by atoms with Gasteiger partial charge in [-0.2, -0.15) is 5.26 Å². The Labute approximate surface area is 98.5 Å². The fourth-order valence-corrected chi connectivity index (χ4v) is 1.63. The molecule has 0 amide bonds. The van der Waals surface area contributed by atoms with Crippen LogP contribution in [0.15, 0.2) is 30.3 Å². The maximum absolute atomic E-state index is 8.75. The molecule has 0 aromatic heterocycles. The molecule has 1 atom stereocenters. The Morgan fingerprint density at radius 3 is 2.56 bits per heavy atom. The highest BCUT2D eigenvalue weighted by molar-refractivity contribution is 5.14. The van der Waals surface area contributed by atoms with Crippen LogP contribution in [-0.2, 0) is 6.42 Å². The van der Waals surface area contributed by atoms with E-state index in [1.807, 2.05) is 20.0 Å². The van der Waals surface area contributed by atoms with Crippen molar-refractivity contribution in [3.8, 4) is 6.07 Å². The van der Waals surface area contributed by atoms with Crippen LogP contribution in [0.2, 0.25) is 0 Å². The SMILES string of the molecule is CC(C#N)N(C)CCCCc1ccccc1. The van der Waals surface area contributed by atoms with Crippen LogP contribution >= 0.6 is 0 Å². The van der Waals surface area contributed by atoms with E-state index >= 15 is 0 Å². The van der Waals surface area contributed by atoms with Gasteiger partial charge >= 0.3 is 0 Å². The summed E-state index contributed by atoms with van der Waals surface area (Å²) in [6.45, 7) is 2.94. The molecule has 0 bridgehead atoms. The number of hydrogen-bond acceptors (Lipinski definition) is 2. The fraction of sp³-hybridized carbons (Fsp3) is 0.500. The van der Waals surface area contributed by atoms with Crippen molar-refractivity contribution in [1.82, 2.24) is 4.90 Å². The Balaban J connectivity index is 2.16. The number of hydrogen-bond donors (Lipinski definition) is 0. The molecule has 1 unspecified atom stereocenters. The summed E-state index contributed by atoms with van der Waals surface area (Å²) in [5.74, 6) is 0. The second-order valence-electron chi connectivity index (χ2n) is 4.23. The molecule has 0 aliphatic heterocycles. The minimum Gasteiger partial charge on any atom is -0.291 e. The van der Waals surface area contributed by atoms with Crippen molar-refractivity contribution in [3.63, 3.8) is 0 Å². The van der Waals surface area contributed by atoms with Gasteiger partial charge in [0.1, 0.15) is 0 Å². The largest absolute Gasteiger partial charge is 0.291 e. The molecule has 1 aromatic carbocycles. The number of nitrogens with zero attached hydrogens (tertiary/aromatic N) is 2. The van der Waals surface area contributed by atoms with Crippen molar-refractivity contribution in [3.05, 3.63) is 35.9 Å². The number of nitriles is 1. The van der Waals surface area contributed by atoms with Crippen molar-refractivity contribution >= 4 is 0 Å². The predicted octanol–water partition coefficient (Wildman–Crippen LogP) is 2.85. The minimum absolute atomic E-state index is 0.0247. The maximum atomic E-state index is 8.75. The molecular formula is C14H20N2. The van der Waals surface area contributed by atoms with Crippen molar-refractivity contribution in [2.75, 3.05) is 13.6 Å². The Kier molecular flexibility index (Phi) is 5.60. The topological polar surface area (TPSA) is 27.0 Å². The van der Waals surface area contributed by atoms with Gasteiger partial charge in [-0.1, -0.05) is 30.3 Å². The summed E-state index contributed by atoms with van der Waals surface area (Å²) in [6.07, 6.45) is 3.47. The second-order valence-corrected chi connectivity index (χ2v) is 4.23. The zero-order valence-electron chi connectivity index (χ0n) is 10.2. The van der Waals surface area contributed by atoms with Gasteiger partial charge in [-0.15, -0.1) is 0 Å². The molecule has 16 heavy (non-hydrogen) atoms. The first-order valence-electron chi connectivity index (χ1n) is 5.88. The van der Waals surface area contributed by atoms with Gasteiger partial charge in [0.25, 0.3) is 0 Å². The van der Waals surface area contributed by atoms with E-state index in [0.717, 1.165) is 19.4 Å². The molecule has 86 valence electrons. The fourth-order valence-electron chi connectivity index (χ4n) is 1.63. The van der Waals surface area contributed by atoms with Crippen LogP contribution in [0.25, 0.3) is 0 Å². The van der Waals surface area contributed by atoms with Crippen molar-refractivity contribution in [2.24, 2.45) is 0 Å². The molecule has 2 heteroatoms. The Morgan fingerprint density at radius 2 is 1.94 bits per heavy atom. The highest BCUT2D eigenvalue weighted by Crippen LogP contribution is 2.05. The smallest absolute Gasteiger partial charge is 0.0946 e. The van der Waals surface area contributed by atoms with Gasteiger partial charge in [-0.05, 0) is 45.3 Å². The van der Waals surface area contributed by atoms with Gasteiger partial charge in [-0.25, -0.2) is 0 Å². The van der Waals surface area contributed by atoms with E-state index in [2.05, 4.69) is 35.2 Å². The average Bonchev–Trinajstić information content (AvgIpc) is 2.34. The zero-order chi connectivity index (χ0) is 11.8. The van der Waals surface area contributed by atoms with E-state index in [4.69, 9.17) is 5.26 Å². The van der Waals surface area contributed by atoms with Crippen LogP contribution in [0.5, 0.6) is 0 Å². The standard InChI is InChI=1S/C14H20N2/c1-13(12-15)16(2)11-7-6-10-14-8-4-3-5-9-14/h3-5,8-9,13H,6-7,10-11H2,1-2H3. The lowest BCUT2D eigenvalue weighted by Gasteiger charge is -2.18. The molecule has 0 saturated heterocycles. The van der Waals surface area contributed by atoms with E-state index in [1.54, 1.807) is 0 Å². The summed E-state index contributed by atoms with van der Waals surface area (Å²) < 4.78 is 0. The van der Waals surface area contributed by atoms with Gasteiger partial charge in [0, 0.05) is 0 Å². The second kappa shape index (κ2) is 7.03. The summed E-state index contributed by atoms with van der Waals surface area (Å²) in [7, 11) is 2.01. The lowest BCUT2D eigenvalue weighted by atomic mass is 10.1. The van der Waals surface area contributed by atoms with E-state index < -0.39 is 0 Å². The first kappa shape index (κ1) is 12.7. The van der Waals surface area contributed by atoms with Crippen LogP contribution in [0.4, 0.5) is 0 Å². The summed E-state index contributed by atoms with van der Waals surface area (Å²) in [4.78, 5) is 2.10. The zero-order valence-corrected chi connectivity index (χ0v) is 10.2. The lowest BCUT2D eigenvalue weighted by molar-refractivity contribution is 0.296. The van der Waals surface area contributed by atoms with E-state index in [9.17, 15) is 0 Å². The molecule has 0 fully saturated rings. The quantitative estimate of drug-likeness (QED) is 0.684. The van der Waals surface area contributed by atoms with Crippen molar-refractivity contribution < 1.29 is 0 Å². The number of aryl methyl sites for hydroxylation is 1. The van der Waals surface area contributed by atoms with Crippen LogP contribution in [-0.4, -0.2) is 24.5 Å². The lowest BCUT2D eigenvalue weighted by Crippen LogP contribution is -2.28. The van der Waals surface area contributed by atoms with E-state index in [0.29, 0.717) is 0 Å². The van der Waals surface area contributed by atoms with Gasteiger partial charge in [0.2, 0.25) is 0 Å². The number of unbranched alkanes of at least 4 members (excludes halogenated alkanes) is 1. The molecule has 1 aromatic rings. The first-order valence-corrected chi connectivity index (χ1v) is 5.88. The van der Waals surface area contributed by atoms with Crippen LogP contribution < -0.4 is 0 Å². The van der Waals surface area contributed by atoms with Crippen LogP contribution in [0, 0.1) is 11.3 Å². The van der Waals surface area contributed by atoms with Crippen LogP contribution in [0.1, 0.15) is 25.3 Å². The summed E-state index contributed by atoms with van der Waals surface area (Å²) in [5, 5.41) is 8.75. The van der Waals surface area contributed by atoms with Crippen molar-refractivity contribution in [2.45, 2.75) is 32.2 Å². The minimum atomic E-state index is 0.0247. The predicted molar refractivity (Wildman–Crippen MR) is 67.1 cm³/mol. The number of rotatable bonds is 6. The Hall–Kier alpha value is -1.33. The highest BCUT2D eigenvalue weighted by atomic mass is 15.1. The van der Waals surface area contributed by atoms with Gasteiger partial charge in [-0.3, -0.25) is 4.90 Å². The maximum Gasteiger partial charge on any atom is 0.0946 e. The molecule has 2 nitrogen and oxygen atoms in total. The summed E-state index contributed by atoms with van der Waals surface area (Å²) >= 11 is 0. The third kappa shape index (κ3) is 4.46. The molecule has 0 N–H and O–H groups in total. The third-order valence-corrected chi connectivity index (χ3v) is 2.92. The number of benzene rings is 1.